The molecule has 0 spiro atoms. The van der Waals surface area contributed by atoms with E-state index in [2.05, 4.69) is 4.98 Å². The number of aliphatic hydroxyl groups is 1. The van der Waals surface area contributed by atoms with Gasteiger partial charge in [-0.25, -0.2) is 4.98 Å². The average molecular weight is 401 g/mol. The third kappa shape index (κ3) is 3.11. The minimum absolute atomic E-state index is 0.0343. The first-order chi connectivity index (χ1) is 14.0. The van der Waals surface area contributed by atoms with Crippen LogP contribution in [-0.2, 0) is 0 Å². The molecule has 0 unspecified atom stereocenters. The molecule has 9 nitrogen and oxygen atoms in total. The second-order valence-corrected chi connectivity index (χ2v) is 7.50. The summed E-state index contributed by atoms with van der Waals surface area (Å²) in [6.07, 6.45) is 2.53. The largest absolute Gasteiger partial charge is 0.496 e. The first-order valence-electron chi connectivity index (χ1n) is 9.31. The van der Waals surface area contributed by atoms with Crippen molar-refractivity contribution in [3.8, 4) is 11.5 Å². The Morgan fingerprint density at radius 2 is 1.79 bits per heavy atom. The van der Waals surface area contributed by atoms with Gasteiger partial charge in [-0.2, -0.15) is 0 Å². The maximum atomic E-state index is 13.3. The number of aromatic nitrogens is 1. The van der Waals surface area contributed by atoms with Crippen molar-refractivity contribution in [3.63, 3.8) is 0 Å². The number of aliphatic hydroxyl groups excluding tert-OH is 1. The molecule has 2 saturated heterocycles. The Kier molecular flexibility index (Phi) is 4.91. The van der Waals surface area contributed by atoms with Gasteiger partial charge in [0.25, 0.3) is 11.8 Å². The lowest BCUT2D eigenvalue weighted by Gasteiger charge is -2.27. The molecule has 1 aromatic heterocycles. The molecule has 2 fully saturated rings. The van der Waals surface area contributed by atoms with Crippen molar-refractivity contribution in [2.24, 2.45) is 11.3 Å². The smallest absolute Gasteiger partial charge is 0.275 e. The van der Waals surface area contributed by atoms with Gasteiger partial charge in [-0.05, 0) is 12.1 Å². The summed E-state index contributed by atoms with van der Waals surface area (Å²) in [6, 6.07) is 5.19. The van der Waals surface area contributed by atoms with Crippen molar-refractivity contribution in [3.05, 3.63) is 42.1 Å². The van der Waals surface area contributed by atoms with E-state index in [1.807, 2.05) is 0 Å². The monoisotopic (exact) mass is 401 g/mol. The quantitative estimate of drug-likeness (QED) is 0.793. The van der Waals surface area contributed by atoms with Gasteiger partial charge in [0.1, 0.15) is 23.3 Å². The highest BCUT2D eigenvalue weighted by Gasteiger charge is 2.54. The molecule has 2 aliphatic rings. The van der Waals surface area contributed by atoms with E-state index in [4.69, 9.17) is 13.9 Å². The van der Waals surface area contributed by atoms with Gasteiger partial charge < -0.3 is 28.8 Å². The Labute approximate surface area is 167 Å². The number of hydrogen-bond acceptors (Lipinski definition) is 7. The molecule has 2 aliphatic heterocycles. The van der Waals surface area contributed by atoms with Crippen LogP contribution in [0, 0.1) is 11.3 Å². The lowest BCUT2D eigenvalue weighted by molar-refractivity contribution is 0.0661. The topological polar surface area (TPSA) is 105 Å². The highest BCUT2D eigenvalue weighted by Crippen LogP contribution is 2.44. The molecule has 0 radical (unpaired) electrons. The number of rotatable bonds is 5. The van der Waals surface area contributed by atoms with E-state index < -0.39 is 5.41 Å². The fraction of sp³-hybridized carbons (Fsp3) is 0.450. The highest BCUT2D eigenvalue weighted by atomic mass is 16.5. The van der Waals surface area contributed by atoms with Crippen molar-refractivity contribution in [1.29, 1.82) is 0 Å². The average Bonchev–Trinajstić information content (AvgIpc) is 3.46. The molecule has 9 heteroatoms. The number of fused-ring (bicyclic) bond motifs is 1. The molecule has 1 aromatic carbocycles. The fourth-order valence-electron chi connectivity index (χ4n) is 4.41. The van der Waals surface area contributed by atoms with Gasteiger partial charge >= 0.3 is 0 Å². The molecule has 2 aromatic rings. The number of likely N-dealkylation sites (tertiary alicyclic amines) is 2. The maximum absolute atomic E-state index is 13.3. The van der Waals surface area contributed by atoms with E-state index in [1.54, 1.807) is 28.0 Å². The molecular formula is C20H23N3O6. The van der Waals surface area contributed by atoms with Gasteiger partial charge in [-0.1, -0.05) is 6.07 Å². The van der Waals surface area contributed by atoms with Crippen molar-refractivity contribution in [1.82, 2.24) is 14.8 Å². The number of benzene rings is 1. The van der Waals surface area contributed by atoms with Crippen LogP contribution in [0.15, 0.2) is 35.3 Å². The van der Waals surface area contributed by atoms with Crippen LogP contribution in [0.5, 0.6) is 11.5 Å². The Morgan fingerprint density at radius 3 is 2.28 bits per heavy atom. The van der Waals surface area contributed by atoms with Gasteiger partial charge in [-0.15, -0.1) is 0 Å². The van der Waals surface area contributed by atoms with Crippen molar-refractivity contribution in [2.45, 2.75) is 0 Å². The number of carbonyl (C=O) groups is 2. The predicted octanol–water partition coefficient (Wildman–Crippen LogP) is 0.898. The van der Waals surface area contributed by atoms with E-state index >= 15 is 0 Å². The standard InChI is InChI=1S/C20H23N3O6/c1-27-15-4-3-5-16(28-2)17(15)19(26)23-7-13-6-22(9-20(13,10-23)11-24)18(25)14-8-29-12-21-14/h3-5,8,12-13,24H,6-7,9-11H2,1-2H3/t13-,20+/m0/s1. The van der Waals surface area contributed by atoms with E-state index in [0.29, 0.717) is 43.2 Å². The number of hydrogen-bond donors (Lipinski definition) is 1. The van der Waals surface area contributed by atoms with Gasteiger partial charge in [0.05, 0.1) is 20.8 Å². The normalized spacial score (nSPS) is 23.2. The zero-order chi connectivity index (χ0) is 20.6. The lowest BCUT2D eigenvalue weighted by Crippen LogP contribution is -2.40. The summed E-state index contributed by atoms with van der Waals surface area (Å²) in [5.41, 5.74) is 0.0375. The molecular weight excluding hydrogens is 378 g/mol. The SMILES string of the molecule is COc1cccc(OC)c1C(=O)N1C[C@@H]2CN(C(=O)c3cocn3)C[C@]2(CO)C1. The van der Waals surface area contributed by atoms with Crippen LogP contribution < -0.4 is 9.47 Å². The van der Waals surface area contributed by atoms with Crippen LogP contribution in [0.3, 0.4) is 0 Å². The number of amides is 2. The Morgan fingerprint density at radius 1 is 1.17 bits per heavy atom. The predicted molar refractivity (Wildman–Crippen MR) is 101 cm³/mol. The molecule has 154 valence electrons. The third-order valence-electron chi connectivity index (χ3n) is 5.94. The van der Waals surface area contributed by atoms with Gasteiger partial charge in [0.2, 0.25) is 0 Å². The molecule has 2 amide bonds. The molecule has 2 atom stereocenters. The summed E-state index contributed by atoms with van der Waals surface area (Å²) in [7, 11) is 3.01. The van der Waals surface area contributed by atoms with E-state index in [1.165, 1.54) is 26.9 Å². The number of methoxy groups -OCH3 is 2. The van der Waals surface area contributed by atoms with Crippen LogP contribution in [0.2, 0.25) is 0 Å². The molecule has 3 heterocycles. The zero-order valence-corrected chi connectivity index (χ0v) is 16.3. The van der Waals surface area contributed by atoms with Crippen LogP contribution in [0.4, 0.5) is 0 Å². The number of carbonyl (C=O) groups excluding carboxylic acids is 2. The van der Waals surface area contributed by atoms with Crippen LogP contribution in [-0.4, -0.2) is 78.7 Å². The second kappa shape index (κ2) is 7.40. The Balaban J connectivity index is 1.55. The second-order valence-electron chi connectivity index (χ2n) is 7.50. The first-order valence-corrected chi connectivity index (χ1v) is 9.31. The Hall–Kier alpha value is -3.07. The minimum Gasteiger partial charge on any atom is -0.496 e. The lowest BCUT2D eigenvalue weighted by atomic mass is 9.82. The summed E-state index contributed by atoms with van der Waals surface area (Å²) in [5, 5.41) is 10.2. The molecule has 0 bridgehead atoms. The van der Waals surface area contributed by atoms with Crippen molar-refractivity contribution < 1.29 is 28.6 Å². The summed E-state index contributed by atoms with van der Waals surface area (Å²) in [4.78, 5) is 33.2. The van der Waals surface area contributed by atoms with Crippen LogP contribution in [0.25, 0.3) is 0 Å². The number of nitrogens with zero attached hydrogens (tertiary/aromatic N) is 3. The summed E-state index contributed by atoms with van der Waals surface area (Å²) in [5.74, 6) is 0.397. The minimum atomic E-state index is -0.565. The van der Waals surface area contributed by atoms with Gasteiger partial charge in [0, 0.05) is 37.5 Å². The molecule has 1 N–H and O–H groups in total. The van der Waals surface area contributed by atoms with Crippen molar-refractivity contribution in [2.75, 3.05) is 47.0 Å². The van der Waals surface area contributed by atoms with E-state index in [0.717, 1.165) is 0 Å². The first kappa shape index (κ1) is 19.3. The zero-order valence-electron chi connectivity index (χ0n) is 16.3. The summed E-state index contributed by atoms with van der Waals surface area (Å²) >= 11 is 0. The van der Waals surface area contributed by atoms with Crippen LogP contribution in [0.1, 0.15) is 20.8 Å². The summed E-state index contributed by atoms with van der Waals surface area (Å²) < 4.78 is 15.6. The van der Waals surface area contributed by atoms with E-state index in [-0.39, 0.29) is 30.0 Å². The highest BCUT2D eigenvalue weighted by molar-refractivity contribution is 6.00. The van der Waals surface area contributed by atoms with Crippen molar-refractivity contribution >= 4 is 11.8 Å². The molecule has 4 rings (SSSR count). The fourth-order valence-corrected chi connectivity index (χ4v) is 4.41. The molecule has 0 saturated carbocycles. The molecule has 0 aliphatic carbocycles. The summed E-state index contributed by atoms with van der Waals surface area (Å²) in [6.45, 7) is 1.46. The maximum Gasteiger partial charge on any atom is 0.275 e. The van der Waals surface area contributed by atoms with Gasteiger partial charge in [0.15, 0.2) is 12.1 Å². The molecule has 29 heavy (non-hydrogen) atoms. The Bertz CT molecular complexity index is 893. The number of ether oxygens (including phenoxy) is 2. The van der Waals surface area contributed by atoms with E-state index in [9.17, 15) is 14.7 Å². The third-order valence-corrected chi connectivity index (χ3v) is 5.94. The van der Waals surface area contributed by atoms with Crippen LogP contribution >= 0.6 is 0 Å². The van der Waals surface area contributed by atoms with Gasteiger partial charge in [-0.3, -0.25) is 9.59 Å². The number of oxazole rings is 1.